The minimum atomic E-state index is -0.0332. The molecule has 0 atom stereocenters. The highest BCUT2D eigenvalue weighted by molar-refractivity contribution is 6.26. The van der Waals surface area contributed by atoms with Crippen LogP contribution in [0, 0.1) is 0 Å². The monoisotopic (exact) mass is 606 g/mol. The quantitative estimate of drug-likeness (QED) is 0.187. The van der Waals surface area contributed by atoms with Crippen LogP contribution in [-0.4, -0.2) is 0 Å². The molecule has 0 N–H and O–H groups in total. The summed E-state index contributed by atoms with van der Waals surface area (Å²) in [7, 11) is 0. The Labute approximate surface area is 273 Å². The van der Waals surface area contributed by atoms with Gasteiger partial charge in [-0.15, -0.1) is 0 Å². The van der Waals surface area contributed by atoms with Crippen LogP contribution in [0.1, 0.15) is 38.8 Å². The van der Waals surface area contributed by atoms with Gasteiger partial charge in [0.05, 0.1) is 0 Å². The van der Waals surface area contributed by atoms with Gasteiger partial charge in [0.2, 0.25) is 0 Å². The lowest BCUT2D eigenvalue weighted by atomic mass is 9.80. The maximum Gasteiger partial charge on any atom is 0.143 e. The van der Waals surface area contributed by atoms with Gasteiger partial charge in [-0.3, -0.25) is 0 Å². The second-order valence-corrected chi connectivity index (χ2v) is 13.9. The predicted molar refractivity (Wildman–Crippen MR) is 200 cm³/mol. The number of hydrogen-bond donors (Lipinski definition) is 0. The summed E-state index contributed by atoms with van der Waals surface area (Å²) in [4.78, 5) is 0. The van der Waals surface area contributed by atoms with E-state index < -0.39 is 0 Å². The van der Waals surface area contributed by atoms with Crippen LogP contribution in [0.2, 0.25) is 0 Å². The fourth-order valence-corrected chi connectivity index (χ4v) is 7.43. The standard InChI is InChI=1S/C45H34O2/c1-26(2)27-20-22-31-37(24-27)41(35-16-10-14-33-29-12-6-8-18-39(29)46-43(33)35)32-23-21-28(45(3,4)5)25-38(32)42(31)36-17-11-15-34-30-13-7-9-19-40(30)47-44(34)36/h6-25H,1H2,2-5H3. The molecule has 0 spiro atoms. The number of para-hydroxylation sites is 4. The van der Waals surface area contributed by atoms with Crippen molar-refractivity contribution in [1.29, 1.82) is 0 Å². The van der Waals surface area contributed by atoms with Gasteiger partial charge in [-0.2, -0.15) is 0 Å². The summed E-state index contributed by atoms with van der Waals surface area (Å²) in [6.45, 7) is 13.2. The van der Waals surface area contributed by atoms with Gasteiger partial charge in [-0.05, 0) is 69.3 Å². The number of benzene rings is 7. The molecule has 0 aliphatic heterocycles. The molecular formula is C45H34O2. The highest BCUT2D eigenvalue weighted by Crippen LogP contribution is 2.49. The average Bonchev–Trinajstić information content (AvgIpc) is 3.65. The first-order chi connectivity index (χ1) is 22.8. The zero-order chi connectivity index (χ0) is 32.0. The van der Waals surface area contributed by atoms with Crippen LogP contribution in [0.25, 0.3) is 93.2 Å². The molecule has 9 aromatic rings. The summed E-state index contributed by atoms with van der Waals surface area (Å²) in [5.41, 5.74) is 11.5. The highest BCUT2D eigenvalue weighted by atomic mass is 16.3. The van der Waals surface area contributed by atoms with E-state index in [1.165, 1.54) is 32.8 Å². The third kappa shape index (κ3) is 4.11. The van der Waals surface area contributed by atoms with E-state index in [-0.39, 0.29) is 5.41 Å². The molecule has 226 valence electrons. The molecule has 0 fully saturated rings. The minimum absolute atomic E-state index is 0.0332. The molecule has 0 amide bonds. The molecule has 0 unspecified atom stereocenters. The fraction of sp³-hybridized carbons (Fsp3) is 0.111. The molecule has 7 aromatic carbocycles. The molecule has 2 nitrogen and oxygen atoms in total. The number of furan rings is 2. The summed E-state index contributed by atoms with van der Waals surface area (Å²) in [5.74, 6) is 0. The van der Waals surface area contributed by atoms with E-state index >= 15 is 0 Å². The molecule has 0 aliphatic rings. The Morgan fingerprint density at radius 1 is 0.489 bits per heavy atom. The van der Waals surface area contributed by atoms with Crippen LogP contribution in [0.3, 0.4) is 0 Å². The van der Waals surface area contributed by atoms with E-state index in [1.807, 2.05) is 12.1 Å². The summed E-state index contributed by atoms with van der Waals surface area (Å²) < 4.78 is 13.3. The Balaban J connectivity index is 1.51. The second kappa shape index (κ2) is 9.95. The summed E-state index contributed by atoms with van der Waals surface area (Å²) >= 11 is 0. The Hall–Kier alpha value is -5.60. The first kappa shape index (κ1) is 27.7. The molecule has 47 heavy (non-hydrogen) atoms. The van der Waals surface area contributed by atoms with E-state index in [4.69, 9.17) is 8.83 Å². The Bertz CT molecular complexity index is 2740. The van der Waals surface area contributed by atoms with Crippen molar-refractivity contribution in [2.75, 3.05) is 0 Å². The van der Waals surface area contributed by atoms with E-state index in [2.05, 4.69) is 143 Å². The molecule has 0 radical (unpaired) electrons. The largest absolute Gasteiger partial charge is 0.455 e. The van der Waals surface area contributed by atoms with Crippen LogP contribution < -0.4 is 0 Å². The number of fused-ring (bicyclic) bond motifs is 8. The van der Waals surface area contributed by atoms with Gasteiger partial charge in [0.15, 0.2) is 0 Å². The number of rotatable bonds is 3. The first-order valence-corrected chi connectivity index (χ1v) is 16.3. The Morgan fingerprint density at radius 3 is 1.51 bits per heavy atom. The normalized spacial score (nSPS) is 12.3. The van der Waals surface area contributed by atoms with Crippen molar-refractivity contribution in [3.8, 4) is 22.3 Å². The molecule has 0 bridgehead atoms. The minimum Gasteiger partial charge on any atom is -0.455 e. The van der Waals surface area contributed by atoms with Crippen molar-refractivity contribution in [2.24, 2.45) is 0 Å². The lowest BCUT2D eigenvalue weighted by Crippen LogP contribution is -2.10. The molecule has 2 aromatic heterocycles. The van der Waals surface area contributed by atoms with Crippen molar-refractivity contribution in [2.45, 2.75) is 33.1 Å². The summed E-state index contributed by atoms with van der Waals surface area (Å²) in [6.07, 6.45) is 0. The molecule has 0 aliphatic carbocycles. The van der Waals surface area contributed by atoms with Gasteiger partial charge < -0.3 is 8.83 Å². The van der Waals surface area contributed by atoms with Gasteiger partial charge in [0, 0.05) is 43.8 Å². The zero-order valence-corrected chi connectivity index (χ0v) is 27.1. The van der Waals surface area contributed by atoms with Gasteiger partial charge in [0.25, 0.3) is 0 Å². The van der Waals surface area contributed by atoms with Crippen LogP contribution in [0.15, 0.2) is 137 Å². The fourth-order valence-electron chi connectivity index (χ4n) is 7.43. The van der Waals surface area contributed by atoms with Crippen molar-refractivity contribution in [1.82, 2.24) is 0 Å². The average molecular weight is 607 g/mol. The maximum absolute atomic E-state index is 6.67. The molecule has 9 rings (SSSR count). The Kier molecular flexibility index (Phi) is 5.86. The van der Waals surface area contributed by atoms with Gasteiger partial charge in [0.1, 0.15) is 22.3 Å². The van der Waals surface area contributed by atoms with E-state index in [9.17, 15) is 0 Å². The topological polar surface area (TPSA) is 26.3 Å². The van der Waals surface area contributed by atoms with E-state index in [0.29, 0.717) is 0 Å². The van der Waals surface area contributed by atoms with Gasteiger partial charge >= 0.3 is 0 Å². The maximum atomic E-state index is 6.67. The highest BCUT2D eigenvalue weighted by Gasteiger charge is 2.24. The van der Waals surface area contributed by atoms with Crippen LogP contribution in [0.5, 0.6) is 0 Å². The van der Waals surface area contributed by atoms with Crippen molar-refractivity contribution < 1.29 is 8.83 Å². The molecule has 0 saturated heterocycles. The zero-order valence-electron chi connectivity index (χ0n) is 27.1. The summed E-state index contributed by atoms with van der Waals surface area (Å²) in [6, 6.07) is 43.6. The molecular weight excluding hydrogens is 572 g/mol. The number of hydrogen-bond acceptors (Lipinski definition) is 2. The van der Waals surface area contributed by atoms with Crippen molar-refractivity contribution in [3.63, 3.8) is 0 Å². The van der Waals surface area contributed by atoms with Gasteiger partial charge in [-0.1, -0.05) is 130 Å². The second-order valence-electron chi connectivity index (χ2n) is 13.9. The van der Waals surface area contributed by atoms with E-state index in [1.54, 1.807) is 0 Å². The summed E-state index contributed by atoms with van der Waals surface area (Å²) in [5, 5.41) is 9.22. The van der Waals surface area contributed by atoms with Crippen LogP contribution >= 0.6 is 0 Å². The SMILES string of the molecule is C=C(C)c1ccc2c(-c3cccc4c3oc3ccccc34)c3cc(C(C)(C)C)ccc3c(-c3cccc4c3oc3ccccc34)c2c1. The lowest BCUT2D eigenvalue weighted by molar-refractivity contribution is 0.591. The van der Waals surface area contributed by atoms with Crippen molar-refractivity contribution >= 4 is 71.0 Å². The third-order valence-corrected chi connectivity index (χ3v) is 9.82. The van der Waals surface area contributed by atoms with Crippen molar-refractivity contribution in [3.05, 3.63) is 139 Å². The van der Waals surface area contributed by atoms with Gasteiger partial charge in [-0.25, -0.2) is 0 Å². The van der Waals surface area contributed by atoms with Crippen LogP contribution in [0.4, 0.5) is 0 Å². The van der Waals surface area contributed by atoms with E-state index in [0.717, 1.165) is 71.5 Å². The molecule has 2 heterocycles. The first-order valence-electron chi connectivity index (χ1n) is 16.3. The smallest absolute Gasteiger partial charge is 0.143 e. The molecule has 2 heteroatoms. The Morgan fingerprint density at radius 2 is 0.979 bits per heavy atom. The molecule has 0 saturated carbocycles. The van der Waals surface area contributed by atoms with Crippen LogP contribution in [-0.2, 0) is 5.41 Å². The number of allylic oxidation sites excluding steroid dienone is 1. The third-order valence-electron chi connectivity index (χ3n) is 9.82. The predicted octanol–water partition coefficient (Wildman–Crippen LogP) is 13.5. The lowest BCUT2D eigenvalue weighted by Gasteiger charge is -2.23.